The number of nitrogens with zero attached hydrogens (tertiary/aromatic N) is 5. The molecule has 3 aromatic heterocycles. The molecule has 0 aliphatic heterocycles. The van der Waals surface area contributed by atoms with E-state index in [1.165, 1.54) is 11.6 Å². The minimum atomic E-state index is -0.385. The summed E-state index contributed by atoms with van der Waals surface area (Å²) in [6, 6.07) is 7.92. The van der Waals surface area contributed by atoms with Gasteiger partial charge >= 0.3 is 5.69 Å². The van der Waals surface area contributed by atoms with Gasteiger partial charge in [0.1, 0.15) is 0 Å². The Morgan fingerprint density at radius 3 is 2.29 bits per heavy atom. The van der Waals surface area contributed by atoms with Crippen molar-refractivity contribution in [2.45, 2.75) is 0 Å². The topological polar surface area (TPSA) is 66.2 Å². The largest absolute Gasteiger partial charge is 0.332 e. The van der Waals surface area contributed by atoms with E-state index in [1.807, 2.05) is 42.1 Å². The summed E-state index contributed by atoms with van der Waals surface area (Å²) in [6.07, 6.45) is 1.87. The average molecular weight is 388 g/mol. The van der Waals surface area contributed by atoms with Gasteiger partial charge in [-0.25, -0.2) is 4.79 Å². The first-order valence-electron chi connectivity index (χ1n) is 7.29. The van der Waals surface area contributed by atoms with Crippen LogP contribution in [0.15, 0.2) is 44.5 Å². The third-order valence-electron chi connectivity index (χ3n) is 4.33. The zero-order chi connectivity index (χ0) is 17.2. The summed E-state index contributed by atoms with van der Waals surface area (Å²) in [6.45, 7) is 0. The number of benzene rings is 1. The summed E-state index contributed by atoms with van der Waals surface area (Å²) in [4.78, 5) is 29.1. The summed E-state index contributed by atoms with van der Waals surface area (Å²) in [5, 5.41) is 0. The molecule has 122 valence electrons. The van der Waals surface area contributed by atoms with Gasteiger partial charge in [-0.3, -0.25) is 18.3 Å². The maximum absolute atomic E-state index is 12.6. The van der Waals surface area contributed by atoms with Gasteiger partial charge in [-0.1, -0.05) is 28.1 Å². The molecule has 0 unspecified atom stereocenters. The van der Waals surface area contributed by atoms with Crippen LogP contribution in [-0.2, 0) is 21.1 Å². The Balaban J connectivity index is 2.13. The molecule has 0 spiro atoms. The summed E-state index contributed by atoms with van der Waals surface area (Å²) >= 11 is 3.43. The van der Waals surface area contributed by atoms with Crippen molar-refractivity contribution in [3.8, 4) is 11.3 Å². The number of imidazole rings is 2. The van der Waals surface area contributed by atoms with E-state index in [1.54, 1.807) is 11.4 Å². The maximum Gasteiger partial charge on any atom is 0.332 e. The Bertz CT molecular complexity index is 1220. The zero-order valence-corrected chi connectivity index (χ0v) is 14.9. The second-order valence-corrected chi connectivity index (χ2v) is 6.66. The van der Waals surface area contributed by atoms with Gasteiger partial charge in [-0.2, -0.15) is 4.98 Å². The van der Waals surface area contributed by atoms with Crippen molar-refractivity contribution in [2.24, 2.45) is 21.1 Å². The van der Waals surface area contributed by atoms with E-state index < -0.39 is 0 Å². The van der Waals surface area contributed by atoms with Crippen molar-refractivity contribution in [1.82, 2.24) is 23.1 Å². The Kier molecular flexibility index (Phi) is 3.08. The SMILES string of the molecule is Cn1c(=O)c2c(nc3n(C)c(-c4ccc(Br)cc4)cn23)n(C)c1=O. The highest BCUT2D eigenvalue weighted by molar-refractivity contribution is 9.10. The molecule has 1 aromatic carbocycles. The predicted molar refractivity (Wildman–Crippen MR) is 95.3 cm³/mol. The molecule has 0 bridgehead atoms. The van der Waals surface area contributed by atoms with Crippen molar-refractivity contribution < 1.29 is 0 Å². The van der Waals surface area contributed by atoms with Gasteiger partial charge < -0.3 is 4.57 Å². The lowest BCUT2D eigenvalue weighted by Gasteiger charge is -2.04. The van der Waals surface area contributed by atoms with E-state index in [0.29, 0.717) is 16.9 Å². The Morgan fingerprint density at radius 2 is 1.62 bits per heavy atom. The van der Waals surface area contributed by atoms with E-state index in [-0.39, 0.29) is 11.2 Å². The molecule has 4 aromatic rings. The van der Waals surface area contributed by atoms with Crippen molar-refractivity contribution in [2.75, 3.05) is 0 Å². The number of aromatic nitrogens is 5. The van der Waals surface area contributed by atoms with Gasteiger partial charge in [0.05, 0.1) is 5.69 Å². The van der Waals surface area contributed by atoms with E-state index in [0.717, 1.165) is 20.3 Å². The lowest BCUT2D eigenvalue weighted by atomic mass is 10.2. The molecule has 0 N–H and O–H groups in total. The van der Waals surface area contributed by atoms with Crippen LogP contribution in [0.25, 0.3) is 28.2 Å². The first-order valence-corrected chi connectivity index (χ1v) is 8.09. The Hall–Kier alpha value is -2.61. The molecule has 0 amide bonds. The van der Waals surface area contributed by atoms with Gasteiger partial charge in [0, 0.05) is 31.8 Å². The molecule has 24 heavy (non-hydrogen) atoms. The summed E-state index contributed by atoms with van der Waals surface area (Å²) in [5.74, 6) is 0.612. The number of fused-ring (bicyclic) bond motifs is 3. The van der Waals surface area contributed by atoms with Gasteiger partial charge in [-0.05, 0) is 17.7 Å². The van der Waals surface area contributed by atoms with Crippen LogP contribution in [0.3, 0.4) is 0 Å². The minimum absolute atomic E-state index is 0.353. The fourth-order valence-corrected chi connectivity index (χ4v) is 3.23. The number of halogens is 1. The highest BCUT2D eigenvalue weighted by Crippen LogP contribution is 2.25. The molecule has 4 rings (SSSR count). The second kappa shape index (κ2) is 4.94. The first kappa shape index (κ1) is 14.9. The molecule has 8 heteroatoms. The monoisotopic (exact) mass is 387 g/mol. The lowest BCUT2D eigenvalue weighted by Crippen LogP contribution is -2.37. The van der Waals surface area contributed by atoms with Crippen molar-refractivity contribution in [3.05, 3.63) is 55.8 Å². The average Bonchev–Trinajstić information content (AvgIpc) is 3.09. The van der Waals surface area contributed by atoms with Crippen LogP contribution in [-0.4, -0.2) is 23.1 Å². The normalized spacial score (nSPS) is 11.7. The molecular formula is C16H14BrN5O2. The summed E-state index contributed by atoms with van der Waals surface area (Å²) in [5.41, 5.74) is 1.99. The van der Waals surface area contributed by atoms with Crippen LogP contribution < -0.4 is 11.2 Å². The molecule has 0 saturated heterocycles. The molecule has 0 fully saturated rings. The molecule has 0 atom stereocenters. The molecule has 0 radical (unpaired) electrons. The van der Waals surface area contributed by atoms with Crippen LogP contribution >= 0.6 is 15.9 Å². The van der Waals surface area contributed by atoms with Crippen LogP contribution in [0.2, 0.25) is 0 Å². The molecule has 0 saturated carbocycles. The highest BCUT2D eigenvalue weighted by atomic mass is 79.9. The van der Waals surface area contributed by atoms with E-state index in [9.17, 15) is 9.59 Å². The number of hydrogen-bond donors (Lipinski definition) is 0. The van der Waals surface area contributed by atoms with E-state index >= 15 is 0 Å². The highest BCUT2D eigenvalue weighted by Gasteiger charge is 2.19. The zero-order valence-electron chi connectivity index (χ0n) is 13.3. The smallest absolute Gasteiger partial charge is 0.313 e. The fraction of sp³-hybridized carbons (Fsp3) is 0.188. The standard InChI is InChI=1S/C16H14BrN5O2/c1-19-11(9-4-6-10(17)7-5-9)8-22-12-13(18-15(19)22)20(2)16(24)21(3)14(12)23/h4-8H,1-3H3. The van der Waals surface area contributed by atoms with Crippen molar-refractivity contribution in [3.63, 3.8) is 0 Å². The minimum Gasteiger partial charge on any atom is -0.313 e. The fourth-order valence-electron chi connectivity index (χ4n) is 2.97. The molecule has 0 aliphatic rings. The molecule has 3 heterocycles. The first-order chi connectivity index (χ1) is 11.4. The summed E-state index contributed by atoms with van der Waals surface area (Å²) in [7, 11) is 4.98. The Labute approximate surface area is 144 Å². The molecule has 7 nitrogen and oxygen atoms in total. The van der Waals surface area contributed by atoms with Crippen LogP contribution in [0.4, 0.5) is 0 Å². The van der Waals surface area contributed by atoms with E-state index in [4.69, 9.17) is 0 Å². The van der Waals surface area contributed by atoms with E-state index in [2.05, 4.69) is 20.9 Å². The quantitative estimate of drug-likeness (QED) is 0.498. The maximum atomic E-state index is 12.6. The third-order valence-corrected chi connectivity index (χ3v) is 4.85. The number of rotatable bonds is 1. The van der Waals surface area contributed by atoms with Gasteiger partial charge in [0.25, 0.3) is 5.56 Å². The van der Waals surface area contributed by atoms with Crippen LogP contribution in [0.1, 0.15) is 0 Å². The number of hydrogen-bond acceptors (Lipinski definition) is 3. The second-order valence-electron chi connectivity index (χ2n) is 5.74. The van der Waals surface area contributed by atoms with Crippen LogP contribution in [0.5, 0.6) is 0 Å². The van der Waals surface area contributed by atoms with Crippen LogP contribution in [0, 0.1) is 0 Å². The number of aryl methyl sites for hydroxylation is 2. The third kappa shape index (κ3) is 1.86. The summed E-state index contributed by atoms with van der Waals surface area (Å²) < 4.78 is 7.15. The van der Waals surface area contributed by atoms with Gasteiger partial charge in [0.15, 0.2) is 11.2 Å². The molecule has 0 aliphatic carbocycles. The predicted octanol–water partition coefficient (Wildman–Crippen LogP) is 1.65. The van der Waals surface area contributed by atoms with Crippen molar-refractivity contribution in [1.29, 1.82) is 0 Å². The Morgan fingerprint density at radius 1 is 0.958 bits per heavy atom. The molecular weight excluding hydrogens is 374 g/mol. The van der Waals surface area contributed by atoms with Gasteiger partial charge in [0.2, 0.25) is 5.78 Å². The van der Waals surface area contributed by atoms with Crippen molar-refractivity contribution >= 4 is 32.9 Å². The van der Waals surface area contributed by atoms with Gasteiger partial charge in [-0.15, -0.1) is 0 Å². The lowest BCUT2D eigenvalue weighted by molar-refractivity contribution is 0.708.